The van der Waals surface area contributed by atoms with Crippen molar-refractivity contribution in [3.63, 3.8) is 0 Å². The van der Waals surface area contributed by atoms with Crippen LogP contribution in [0, 0.1) is 13.8 Å². The van der Waals surface area contributed by atoms with Gasteiger partial charge in [0.1, 0.15) is 5.75 Å². The Bertz CT molecular complexity index is 540. The summed E-state index contributed by atoms with van der Waals surface area (Å²) in [7, 11) is 0. The van der Waals surface area contributed by atoms with Crippen molar-refractivity contribution in [3.8, 4) is 5.75 Å². The predicted octanol–water partition coefficient (Wildman–Crippen LogP) is 4.44. The van der Waals surface area contributed by atoms with Crippen LogP contribution in [0.1, 0.15) is 30.0 Å². The number of aromatic hydroxyl groups is 1. The second-order valence-corrected chi connectivity index (χ2v) is 5.63. The number of rotatable bonds is 5. The van der Waals surface area contributed by atoms with Gasteiger partial charge in [0.15, 0.2) is 0 Å². The average Bonchev–Trinajstić information content (AvgIpc) is 2.37. The molecule has 20 heavy (non-hydrogen) atoms. The zero-order valence-electron chi connectivity index (χ0n) is 12.5. The Hall–Kier alpha value is -1.96. The highest BCUT2D eigenvalue weighted by Crippen LogP contribution is 2.17. The molecule has 2 N–H and O–H groups in total. The number of anilines is 1. The van der Waals surface area contributed by atoms with Gasteiger partial charge in [0, 0.05) is 11.7 Å². The van der Waals surface area contributed by atoms with Crippen LogP contribution in [0.4, 0.5) is 5.69 Å². The Morgan fingerprint density at radius 1 is 1.00 bits per heavy atom. The van der Waals surface area contributed by atoms with Crippen LogP contribution in [-0.2, 0) is 6.42 Å². The van der Waals surface area contributed by atoms with Gasteiger partial charge in [-0.2, -0.15) is 0 Å². The van der Waals surface area contributed by atoms with E-state index in [4.69, 9.17) is 0 Å². The highest BCUT2D eigenvalue weighted by Gasteiger charge is 2.04. The zero-order chi connectivity index (χ0) is 14.5. The van der Waals surface area contributed by atoms with E-state index < -0.39 is 0 Å². The zero-order valence-corrected chi connectivity index (χ0v) is 12.5. The molecule has 2 nitrogen and oxygen atoms in total. The van der Waals surface area contributed by atoms with Gasteiger partial charge in [-0.3, -0.25) is 0 Å². The fourth-order valence-electron chi connectivity index (χ4n) is 2.46. The van der Waals surface area contributed by atoms with Gasteiger partial charge in [0.05, 0.1) is 0 Å². The van der Waals surface area contributed by atoms with Crippen molar-refractivity contribution in [2.45, 2.75) is 39.7 Å². The molecule has 0 spiro atoms. The first-order valence-corrected chi connectivity index (χ1v) is 7.15. The monoisotopic (exact) mass is 269 g/mol. The Morgan fingerprint density at radius 2 is 1.60 bits per heavy atom. The van der Waals surface area contributed by atoms with Crippen LogP contribution < -0.4 is 5.32 Å². The minimum Gasteiger partial charge on any atom is -0.508 e. The molecule has 0 aliphatic rings. The first-order chi connectivity index (χ1) is 9.52. The minimum atomic E-state index is 0.329. The van der Waals surface area contributed by atoms with Crippen molar-refractivity contribution >= 4 is 5.69 Å². The molecule has 2 rings (SSSR count). The summed E-state index contributed by atoms with van der Waals surface area (Å²) in [5, 5.41) is 12.8. The summed E-state index contributed by atoms with van der Waals surface area (Å²) in [6.45, 7) is 6.46. The molecule has 0 saturated heterocycles. The standard InChI is InChI=1S/C18H23NO/c1-13-10-14(2)12-17(11-13)19-15(3)4-5-16-6-8-18(20)9-7-16/h6-12,15,19-20H,4-5H2,1-3H3. The quantitative estimate of drug-likeness (QED) is 0.841. The summed E-state index contributed by atoms with van der Waals surface area (Å²) >= 11 is 0. The molecule has 2 aromatic carbocycles. The van der Waals surface area contributed by atoms with Crippen LogP contribution in [0.2, 0.25) is 0 Å². The Balaban J connectivity index is 1.88. The molecular formula is C18H23NO. The van der Waals surface area contributed by atoms with Gasteiger partial charge in [-0.05, 0) is 74.6 Å². The van der Waals surface area contributed by atoms with Crippen LogP contribution in [0.3, 0.4) is 0 Å². The van der Waals surface area contributed by atoms with E-state index in [-0.39, 0.29) is 0 Å². The number of phenolic OH excluding ortho intramolecular Hbond substituents is 1. The van der Waals surface area contributed by atoms with Crippen LogP contribution in [0.5, 0.6) is 5.75 Å². The molecule has 0 fully saturated rings. The summed E-state index contributed by atoms with van der Waals surface area (Å²) in [6.07, 6.45) is 2.08. The number of nitrogens with one attached hydrogen (secondary N) is 1. The number of aryl methyl sites for hydroxylation is 3. The first kappa shape index (κ1) is 14.4. The van der Waals surface area contributed by atoms with Crippen molar-refractivity contribution in [2.24, 2.45) is 0 Å². The van der Waals surface area contributed by atoms with Gasteiger partial charge >= 0.3 is 0 Å². The SMILES string of the molecule is Cc1cc(C)cc(NC(C)CCc2ccc(O)cc2)c1. The van der Waals surface area contributed by atoms with E-state index in [1.54, 1.807) is 12.1 Å². The molecule has 0 radical (unpaired) electrons. The number of phenols is 1. The van der Waals surface area contributed by atoms with E-state index in [2.05, 4.69) is 44.3 Å². The summed E-state index contributed by atoms with van der Waals surface area (Å²) in [5.41, 5.74) is 5.04. The fraction of sp³-hybridized carbons (Fsp3) is 0.333. The van der Waals surface area contributed by atoms with Crippen LogP contribution in [-0.4, -0.2) is 11.1 Å². The first-order valence-electron chi connectivity index (χ1n) is 7.15. The molecule has 1 unspecified atom stereocenters. The van der Waals surface area contributed by atoms with Crippen LogP contribution >= 0.6 is 0 Å². The van der Waals surface area contributed by atoms with Crippen LogP contribution in [0.15, 0.2) is 42.5 Å². The molecule has 106 valence electrons. The maximum absolute atomic E-state index is 9.27. The lowest BCUT2D eigenvalue weighted by Gasteiger charge is -2.16. The smallest absolute Gasteiger partial charge is 0.115 e. The largest absolute Gasteiger partial charge is 0.508 e. The number of hydrogen-bond acceptors (Lipinski definition) is 2. The van der Waals surface area contributed by atoms with Gasteiger partial charge in [-0.25, -0.2) is 0 Å². The molecule has 1 atom stereocenters. The lowest BCUT2D eigenvalue weighted by molar-refractivity contribution is 0.475. The topological polar surface area (TPSA) is 32.3 Å². The average molecular weight is 269 g/mol. The van der Waals surface area contributed by atoms with E-state index in [9.17, 15) is 5.11 Å². The number of hydrogen-bond donors (Lipinski definition) is 2. The highest BCUT2D eigenvalue weighted by atomic mass is 16.3. The van der Waals surface area contributed by atoms with Crippen molar-refractivity contribution in [2.75, 3.05) is 5.32 Å². The highest BCUT2D eigenvalue weighted by molar-refractivity contribution is 5.48. The molecule has 0 aromatic heterocycles. The molecule has 2 heteroatoms. The van der Waals surface area contributed by atoms with Gasteiger partial charge in [0.25, 0.3) is 0 Å². The van der Waals surface area contributed by atoms with Crippen molar-refractivity contribution in [3.05, 3.63) is 59.2 Å². The second-order valence-electron chi connectivity index (χ2n) is 5.63. The Kier molecular flexibility index (Phi) is 4.67. The lowest BCUT2D eigenvalue weighted by Crippen LogP contribution is -2.16. The summed E-state index contributed by atoms with van der Waals surface area (Å²) in [6, 6.07) is 14.4. The molecule has 0 bridgehead atoms. The van der Waals surface area contributed by atoms with Gasteiger partial charge in [-0.15, -0.1) is 0 Å². The minimum absolute atomic E-state index is 0.329. The van der Waals surface area contributed by atoms with E-state index in [1.807, 2.05) is 12.1 Å². The van der Waals surface area contributed by atoms with Crippen LogP contribution in [0.25, 0.3) is 0 Å². The third-order valence-electron chi connectivity index (χ3n) is 3.44. The van der Waals surface area contributed by atoms with E-state index in [1.165, 1.54) is 22.4 Å². The third kappa shape index (κ3) is 4.30. The lowest BCUT2D eigenvalue weighted by atomic mass is 10.1. The molecule has 0 saturated carbocycles. The van der Waals surface area contributed by atoms with Gasteiger partial charge < -0.3 is 10.4 Å². The summed E-state index contributed by atoms with van der Waals surface area (Å²) in [4.78, 5) is 0. The molecule has 0 aliphatic heterocycles. The predicted molar refractivity (Wildman–Crippen MR) is 85.4 cm³/mol. The molecule has 0 amide bonds. The van der Waals surface area contributed by atoms with Crippen molar-refractivity contribution < 1.29 is 5.11 Å². The molecule has 2 aromatic rings. The van der Waals surface area contributed by atoms with Gasteiger partial charge in [-0.1, -0.05) is 18.2 Å². The normalized spacial score (nSPS) is 12.2. The molecular weight excluding hydrogens is 246 g/mol. The Morgan fingerprint density at radius 3 is 2.20 bits per heavy atom. The molecule has 0 aliphatic carbocycles. The van der Waals surface area contributed by atoms with E-state index in [0.29, 0.717) is 11.8 Å². The summed E-state index contributed by atoms with van der Waals surface area (Å²) in [5.74, 6) is 0.329. The second kappa shape index (κ2) is 6.47. The number of benzene rings is 2. The summed E-state index contributed by atoms with van der Waals surface area (Å²) < 4.78 is 0. The van der Waals surface area contributed by atoms with Gasteiger partial charge in [0.2, 0.25) is 0 Å². The fourth-order valence-corrected chi connectivity index (χ4v) is 2.46. The third-order valence-corrected chi connectivity index (χ3v) is 3.44. The van der Waals surface area contributed by atoms with E-state index in [0.717, 1.165) is 12.8 Å². The maximum atomic E-state index is 9.27. The van der Waals surface area contributed by atoms with E-state index >= 15 is 0 Å². The molecule has 0 heterocycles. The van der Waals surface area contributed by atoms with Crippen molar-refractivity contribution in [1.29, 1.82) is 0 Å². The van der Waals surface area contributed by atoms with Crippen molar-refractivity contribution in [1.82, 2.24) is 0 Å². The Labute approximate surface area is 121 Å². The maximum Gasteiger partial charge on any atom is 0.115 e.